The SMILES string of the molecule is CCC(C)N(CCNCCSC)C(C)(C)C. The Morgan fingerprint density at radius 1 is 1.25 bits per heavy atom. The molecule has 2 nitrogen and oxygen atoms in total. The summed E-state index contributed by atoms with van der Waals surface area (Å²) in [5.74, 6) is 1.21. The Balaban J connectivity index is 3.94. The molecule has 98 valence electrons. The van der Waals surface area contributed by atoms with Crippen LogP contribution in [0.2, 0.25) is 0 Å². The average Bonchev–Trinajstić information content (AvgIpc) is 2.20. The van der Waals surface area contributed by atoms with Crippen molar-refractivity contribution in [1.82, 2.24) is 10.2 Å². The van der Waals surface area contributed by atoms with E-state index in [-0.39, 0.29) is 5.54 Å². The molecule has 0 aromatic heterocycles. The Kier molecular flexibility index (Phi) is 8.52. The fourth-order valence-corrected chi connectivity index (χ4v) is 2.28. The van der Waals surface area contributed by atoms with Crippen molar-refractivity contribution < 1.29 is 0 Å². The highest BCUT2D eigenvalue weighted by Gasteiger charge is 2.24. The zero-order valence-corrected chi connectivity index (χ0v) is 12.8. The molecule has 16 heavy (non-hydrogen) atoms. The van der Waals surface area contributed by atoms with E-state index in [4.69, 9.17) is 0 Å². The number of hydrogen-bond donors (Lipinski definition) is 1. The number of hydrogen-bond acceptors (Lipinski definition) is 3. The molecule has 0 amide bonds. The number of nitrogens with zero attached hydrogens (tertiary/aromatic N) is 1. The molecular formula is C13H30N2S. The zero-order valence-electron chi connectivity index (χ0n) is 12.0. The summed E-state index contributed by atoms with van der Waals surface area (Å²) in [6, 6.07) is 0.669. The topological polar surface area (TPSA) is 15.3 Å². The van der Waals surface area contributed by atoms with Crippen molar-refractivity contribution in [1.29, 1.82) is 0 Å². The maximum atomic E-state index is 3.51. The van der Waals surface area contributed by atoms with E-state index >= 15 is 0 Å². The lowest BCUT2D eigenvalue weighted by atomic mass is 10.0. The fourth-order valence-electron chi connectivity index (χ4n) is 1.94. The molecule has 0 aromatic rings. The predicted octanol–water partition coefficient (Wildman–Crippen LogP) is 2.84. The summed E-state index contributed by atoms with van der Waals surface area (Å²) in [5.41, 5.74) is 0.274. The molecule has 0 saturated heterocycles. The number of nitrogens with one attached hydrogen (secondary N) is 1. The van der Waals surface area contributed by atoms with Gasteiger partial charge in [-0.15, -0.1) is 0 Å². The summed E-state index contributed by atoms with van der Waals surface area (Å²) < 4.78 is 0. The molecule has 0 heterocycles. The summed E-state index contributed by atoms with van der Waals surface area (Å²) in [6.07, 6.45) is 3.38. The van der Waals surface area contributed by atoms with Gasteiger partial charge < -0.3 is 5.32 Å². The van der Waals surface area contributed by atoms with Crippen LogP contribution in [0.3, 0.4) is 0 Å². The highest BCUT2D eigenvalue weighted by molar-refractivity contribution is 7.98. The Morgan fingerprint density at radius 2 is 1.88 bits per heavy atom. The molecule has 0 aliphatic heterocycles. The monoisotopic (exact) mass is 246 g/mol. The summed E-state index contributed by atoms with van der Waals surface area (Å²) >= 11 is 1.90. The van der Waals surface area contributed by atoms with E-state index in [1.165, 1.54) is 12.2 Å². The lowest BCUT2D eigenvalue weighted by molar-refractivity contribution is 0.0894. The molecule has 0 radical (unpaired) electrons. The molecule has 1 N–H and O–H groups in total. The second-order valence-corrected chi connectivity index (χ2v) is 6.35. The van der Waals surface area contributed by atoms with Gasteiger partial charge in [0.15, 0.2) is 0 Å². The van der Waals surface area contributed by atoms with Crippen molar-refractivity contribution in [2.45, 2.75) is 52.6 Å². The minimum Gasteiger partial charge on any atom is -0.315 e. The highest BCUT2D eigenvalue weighted by atomic mass is 32.2. The largest absolute Gasteiger partial charge is 0.315 e. The van der Waals surface area contributed by atoms with Crippen molar-refractivity contribution in [3.63, 3.8) is 0 Å². The first-order chi connectivity index (χ1) is 7.43. The van der Waals surface area contributed by atoms with Crippen molar-refractivity contribution in [3.05, 3.63) is 0 Å². The van der Waals surface area contributed by atoms with Gasteiger partial charge in [0.1, 0.15) is 0 Å². The van der Waals surface area contributed by atoms with Crippen molar-refractivity contribution in [3.8, 4) is 0 Å². The predicted molar refractivity (Wildman–Crippen MR) is 77.5 cm³/mol. The molecule has 0 spiro atoms. The molecule has 0 aromatic carbocycles. The first-order valence-corrected chi connectivity index (χ1v) is 7.79. The minimum atomic E-state index is 0.274. The van der Waals surface area contributed by atoms with Crippen LogP contribution < -0.4 is 5.32 Å². The van der Waals surface area contributed by atoms with E-state index in [0.717, 1.165) is 19.6 Å². The highest BCUT2D eigenvalue weighted by Crippen LogP contribution is 2.17. The molecule has 0 aliphatic carbocycles. The lowest BCUT2D eigenvalue weighted by Crippen LogP contribution is -2.49. The van der Waals surface area contributed by atoms with Crippen molar-refractivity contribution in [2.24, 2.45) is 0 Å². The van der Waals surface area contributed by atoms with Crippen molar-refractivity contribution in [2.75, 3.05) is 31.6 Å². The third-order valence-electron chi connectivity index (χ3n) is 3.00. The van der Waals surface area contributed by atoms with Crippen LogP contribution in [0.1, 0.15) is 41.0 Å². The molecular weight excluding hydrogens is 216 g/mol. The first kappa shape index (κ1) is 16.3. The van der Waals surface area contributed by atoms with Crippen LogP contribution >= 0.6 is 11.8 Å². The quantitative estimate of drug-likeness (QED) is 0.663. The summed E-state index contributed by atoms with van der Waals surface area (Å²) in [6.45, 7) is 14.9. The number of rotatable bonds is 8. The molecule has 0 aliphatic rings. The Morgan fingerprint density at radius 3 is 2.31 bits per heavy atom. The van der Waals surface area contributed by atoms with Crippen LogP contribution in [-0.2, 0) is 0 Å². The van der Waals surface area contributed by atoms with Crippen molar-refractivity contribution >= 4 is 11.8 Å². The van der Waals surface area contributed by atoms with Crippen LogP contribution in [0.5, 0.6) is 0 Å². The maximum Gasteiger partial charge on any atom is 0.0128 e. The molecule has 0 saturated carbocycles. The van der Waals surface area contributed by atoms with Gasteiger partial charge in [-0.1, -0.05) is 6.92 Å². The van der Waals surface area contributed by atoms with Crippen LogP contribution in [0.25, 0.3) is 0 Å². The second-order valence-electron chi connectivity index (χ2n) is 5.36. The van der Waals surface area contributed by atoms with E-state index in [9.17, 15) is 0 Å². The van der Waals surface area contributed by atoms with Gasteiger partial charge in [-0.05, 0) is 40.4 Å². The van der Waals surface area contributed by atoms with E-state index in [1.807, 2.05) is 11.8 Å². The normalized spacial score (nSPS) is 14.4. The van der Waals surface area contributed by atoms with Gasteiger partial charge in [-0.25, -0.2) is 0 Å². The fraction of sp³-hybridized carbons (Fsp3) is 1.00. The van der Waals surface area contributed by atoms with Crippen LogP contribution in [0, 0.1) is 0 Å². The molecule has 0 fully saturated rings. The van der Waals surface area contributed by atoms with Gasteiger partial charge in [-0.2, -0.15) is 11.8 Å². The lowest BCUT2D eigenvalue weighted by Gasteiger charge is -2.40. The standard InChI is InChI=1S/C13H30N2S/c1-7-12(2)15(13(3,4)5)10-8-14-9-11-16-6/h12,14H,7-11H2,1-6H3. The Bertz CT molecular complexity index is 166. The van der Waals surface area contributed by atoms with Gasteiger partial charge >= 0.3 is 0 Å². The third-order valence-corrected chi connectivity index (χ3v) is 3.61. The van der Waals surface area contributed by atoms with Gasteiger partial charge in [0, 0.05) is 37.0 Å². The summed E-state index contributed by atoms with van der Waals surface area (Å²) in [4.78, 5) is 2.60. The molecule has 0 bridgehead atoms. The smallest absolute Gasteiger partial charge is 0.0128 e. The van der Waals surface area contributed by atoms with E-state index in [2.05, 4.69) is 51.1 Å². The Labute approximate surface area is 107 Å². The van der Waals surface area contributed by atoms with Gasteiger partial charge in [0.05, 0.1) is 0 Å². The van der Waals surface area contributed by atoms with Crippen LogP contribution in [-0.4, -0.2) is 48.1 Å². The summed E-state index contributed by atoms with van der Waals surface area (Å²) in [7, 11) is 0. The van der Waals surface area contributed by atoms with Gasteiger partial charge in [0.2, 0.25) is 0 Å². The average molecular weight is 246 g/mol. The molecule has 1 atom stereocenters. The van der Waals surface area contributed by atoms with Gasteiger partial charge in [0.25, 0.3) is 0 Å². The molecule has 0 rings (SSSR count). The van der Waals surface area contributed by atoms with Crippen LogP contribution in [0.15, 0.2) is 0 Å². The zero-order chi connectivity index (χ0) is 12.6. The van der Waals surface area contributed by atoms with Crippen LogP contribution in [0.4, 0.5) is 0 Å². The summed E-state index contributed by atoms with van der Waals surface area (Å²) in [5, 5.41) is 3.51. The first-order valence-electron chi connectivity index (χ1n) is 6.39. The minimum absolute atomic E-state index is 0.274. The molecule has 3 heteroatoms. The third kappa shape index (κ3) is 6.77. The van der Waals surface area contributed by atoms with Gasteiger partial charge in [-0.3, -0.25) is 4.90 Å². The van der Waals surface area contributed by atoms with E-state index < -0.39 is 0 Å². The maximum absolute atomic E-state index is 3.51. The number of thioether (sulfide) groups is 1. The van der Waals surface area contributed by atoms with E-state index in [1.54, 1.807) is 0 Å². The second kappa shape index (κ2) is 8.37. The van der Waals surface area contributed by atoms with E-state index in [0.29, 0.717) is 6.04 Å². The Hall–Kier alpha value is 0.270. The molecule has 1 unspecified atom stereocenters.